The zero-order chi connectivity index (χ0) is 24.9. The summed E-state index contributed by atoms with van der Waals surface area (Å²) < 4.78 is 21.4. The van der Waals surface area contributed by atoms with Crippen molar-refractivity contribution in [3.8, 4) is 5.19 Å². The fourth-order valence-electron chi connectivity index (χ4n) is 4.70. The van der Waals surface area contributed by atoms with E-state index < -0.39 is 11.0 Å². The Bertz CT molecular complexity index is 1220. The molecule has 0 amide bonds. The van der Waals surface area contributed by atoms with E-state index in [2.05, 4.69) is 46.1 Å². The van der Waals surface area contributed by atoms with Gasteiger partial charge in [0, 0.05) is 51.4 Å². The summed E-state index contributed by atoms with van der Waals surface area (Å²) in [7, 11) is -1.11. The molecule has 0 spiro atoms. The molecule has 5 rings (SSSR count). The molecule has 0 bridgehead atoms. The Morgan fingerprint density at radius 3 is 2.69 bits per heavy atom. The molecular weight excluding hydrogens is 494 g/mol. The predicted molar refractivity (Wildman–Crippen MR) is 146 cm³/mol. The van der Waals surface area contributed by atoms with Gasteiger partial charge in [-0.15, -0.1) is 0 Å². The van der Waals surface area contributed by atoms with Crippen LogP contribution in [0.15, 0.2) is 36.7 Å². The van der Waals surface area contributed by atoms with Crippen LogP contribution in [0.25, 0.3) is 15.8 Å². The van der Waals surface area contributed by atoms with Gasteiger partial charge >= 0.3 is 0 Å². The summed E-state index contributed by atoms with van der Waals surface area (Å²) in [6, 6.07) is 6.36. The second-order valence-electron chi connectivity index (χ2n) is 9.22. The lowest BCUT2D eigenvalue weighted by atomic mass is 10.0. The molecular formula is C26H33N5O3S2. The maximum atomic E-state index is 12.1. The average Bonchev–Trinajstić information content (AvgIpc) is 3.31. The van der Waals surface area contributed by atoms with Gasteiger partial charge in [0.1, 0.15) is 6.10 Å². The minimum absolute atomic E-state index is 0.0490. The molecule has 192 valence electrons. The van der Waals surface area contributed by atoms with E-state index in [0.29, 0.717) is 12.3 Å². The van der Waals surface area contributed by atoms with Crippen LogP contribution in [-0.4, -0.2) is 73.2 Å². The standard InChI is InChI=1S/C26H33N5O3S2/c1-2-3-19-17-27-25(28-18-19)30-10-8-22(9-11-30)34-26-29-23-5-4-21(16-24(23)35-26)20-6-12-31(13-7-20)36(33)15-14-32/h4-6,16-18,22,32H,2-3,7-15H2,1H3. The van der Waals surface area contributed by atoms with Gasteiger partial charge < -0.3 is 14.7 Å². The van der Waals surface area contributed by atoms with Crippen molar-refractivity contribution in [1.82, 2.24) is 19.3 Å². The second kappa shape index (κ2) is 11.8. The van der Waals surface area contributed by atoms with Crippen LogP contribution < -0.4 is 9.64 Å². The highest BCUT2D eigenvalue weighted by molar-refractivity contribution is 7.82. The number of aliphatic hydroxyl groups excluding tert-OH is 1. The molecule has 36 heavy (non-hydrogen) atoms. The molecule has 0 saturated carbocycles. The number of benzene rings is 1. The van der Waals surface area contributed by atoms with E-state index in [1.165, 1.54) is 16.7 Å². The minimum atomic E-state index is -1.11. The van der Waals surface area contributed by atoms with Gasteiger partial charge in [0.2, 0.25) is 5.95 Å². The van der Waals surface area contributed by atoms with Crippen LogP contribution in [-0.2, 0) is 17.4 Å². The fourth-order valence-corrected chi connectivity index (χ4v) is 6.57. The lowest BCUT2D eigenvalue weighted by Crippen LogP contribution is -2.39. The number of aromatic nitrogens is 3. The molecule has 1 unspecified atom stereocenters. The molecule has 1 saturated heterocycles. The van der Waals surface area contributed by atoms with E-state index in [4.69, 9.17) is 14.8 Å². The second-order valence-corrected chi connectivity index (χ2v) is 11.8. The third-order valence-electron chi connectivity index (χ3n) is 6.69. The highest BCUT2D eigenvalue weighted by atomic mass is 32.2. The molecule has 2 aliphatic rings. The molecule has 1 fully saturated rings. The van der Waals surface area contributed by atoms with E-state index >= 15 is 0 Å². The number of nitrogens with zero attached hydrogens (tertiary/aromatic N) is 5. The van der Waals surface area contributed by atoms with Crippen molar-refractivity contribution in [2.45, 2.75) is 45.1 Å². The Labute approximate surface area is 218 Å². The van der Waals surface area contributed by atoms with E-state index in [0.717, 1.165) is 73.1 Å². The van der Waals surface area contributed by atoms with Gasteiger partial charge in [0.05, 0.1) is 33.6 Å². The maximum Gasteiger partial charge on any atom is 0.274 e. The number of anilines is 1. The quantitative estimate of drug-likeness (QED) is 0.452. The van der Waals surface area contributed by atoms with E-state index in [9.17, 15) is 4.21 Å². The van der Waals surface area contributed by atoms with E-state index in [1.807, 2.05) is 16.7 Å². The molecule has 3 aromatic rings. The highest BCUT2D eigenvalue weighted by Crippen LogP contribution is 2.33. The van der Waals surface area contributed by atoms with Crippen LogP contribution in [0.5, 0.6) is 5.19 Å². The smallest absolute Gasteiger partial charge is 0.274 e. The summed E-state index contributed by atoms with van der Waals surface area (Å²) in [6.45, 7) is 5.25. The van der Waals surface area contributed by atoms with Crippen molar-refractivity contribution < 1.29 is 14.1 Å². The average molecular weight is 528 g/mol. The third-order valence-corrected chi connectivity index (χ3v) is 9.04. The van der Waals surface area contributed by atoms with Crippen LogP contribution in [0.1, 0.15) is 43.7 Å². The van der Waals surface area contributed by atoms with Crippen LogP contribution >= 0.6 is 11.3 Å². The molecule has 0 aliphatic carbocycles. The van der Waals surface area contributed by atoms with Crippen molar-refractivity contribution in [3.05, 3.63) is 47.8 Å². The molecule has 0 radical (unpaired) electrons. The minimum Gasteiger partial charge on any atom is -0.467 e. The Balaban J connectivity index is 1.17. The van der Waals surface area contributed by atoms with Gasteiger partial charge in [-0.3, -0.25) is 0 Å². The van der Waals surface area contributed by atoms with Crippen molar-refractivity contribution in [2.75, 3.05) is 43.4 Å². The molecule has 1 atom stereocenters. The Morgan fingerprint density at radius 1 is 1.19 bits per heavy atom. The van der Waals surface area contributed by atoms with E-state index in [1.54, 1.807) is 11.3 Å². The first-order chi connectivity index (χ1) is 17.6. The Kier molecular flexibility index (Phi) is 8.25. The highest BCUT2D eigenvalue weighted by Gasteiger charge is 2.24. The zero-order valence-corrected chi connectivity index (χ0v) is 22.3. The van der Waals surface area contributed by atoms with Crippen molar-refractivity contribution >= 4 is 44.1 Å². The van der Waals surface area contributed by atoms with Crippen molar-refractivity contribution in [1.29, 1.82) is 0 Å². The van der Waals surface area contributed by atoms with Crippen LogP contribution in [0.3, 0.4) is 0 Å². The van der Waals surface area contributed by atoms with Crippen LogP contribution in [0.4, 0.5) is 5.95 Å². The summed E-state index contributed by atoms with van der Waals surface area (Å²) >= 11 is 1.60. The van der Waals surface area contributed by atoms with Crippen LogP contribution in [0, 0.1) is 0 Å². The predicted octanol–water partition coefficient (Wildman–Crippen LogP) is 3.83. The van der Waals surface area contributed by atoms with Gasteiger partial charge in [-0.05, 0) is 41.7 Å². The molecule has 8 nitrogen and oxygen atoms in total. The summed E-state index contributed by atoms with van der Waals surface area (Å²) in [5.74, 6) is 1.11. The fraction of sp³-hybridized carbons (Fsp3) is 0.500. The van der Waals surface area contributed by atoms with Crippen LogP contribution in [0.2, 0.25) is 0 Å². The van der Waals surface area contributed by atoms with Gasteiger partial charge in [-0.25, -0.2) is 23.5 Å². The molecule has 1 N–H and O–H groups in total. The third kappa shape index (κ3) is 5.94. The lowest BCUT2D eigenvalue weighted by molar-refractivity contribution is 0.170. The first-order valence-electron chi connectivity index (χ1n) is 12.7. The van der Waals surface area contributed by atoms with Gasteiger partial charge in [-0.2, -0.15) is 0 Å². The normalized spacial score (nSPS) is 18.4. The monoisotopic (exact) mass is 527 g/mol. The van der Waals surface area contributed by atoms with E-state index in [-0.39, 0.29) is 12.7 Å². The maximum absolute atomic E-state index is 12.1. The molecule has 2 aromatic heterocycles. The summed E-state index contributed by atoms with van der Waals surface area (Å²) in [4.78, 5) is 16.1. The molecule has 2 aliphatic heterocycles. The lowest BCUT2D eigenvalue weighted by Gasteiger charge is -2.31. The summed E-state index contributed by atoms with van der Waals surface area (Å²) in [5, 5.41) is 9.75. The number of piperidine rings is 1. The molecule has 4 heterocycles. The number of aliphatic hydroxyl groups is 1. The Hall–Kier alpha value is -2.40. The number of thiazole rings is 1. The first-order valence-corrected chi connectivity index (χ1v) is 14.8. The van der Waals surface area contributed by atoms with Gasteiger partial charge in [-0.1, -0.05) is 36.8 Å². The molecule has 1 aromatic carbocycles. The van der Waals surface area contributed by atoms with Gasteiger partial charge in [0.25, 0.3) is 5.19 Å². The number of hydrogen-bond donors (Lipinski definition) is 1. The SMILES string of the molecule is CCCc1cnc(N2CCC(Oc3nc4ccc(C5=CCN(S(=O)CCO)CC5)cc4s3)CC2)nc1. The number of rotatable bonds is 9. The summed E-state index contributed by atoms with van der Waals surface area (Å²) in [5.41, 5.74) is 4.60. The first kappa shape index (κ1) is 25.3. The van der Waals surface area contributed by atoms with Crippen molar-refractivity contribution in [2.24, 2.45) is 0 Å². The zero-order valence-electron chi connectivity index (χ0n) is 20.6. The largest absolute Gasteiger partial charge is 0.467 e. The molecule has 10 heteroatoms. The number of ether oxygens (including phenoxy) is 1. The Morgan fingerprint density at radius 2 is 2.00 bits per heavy atom. The number of hydrogen-bond acceptors (Lipinski definition) is 8. The number of aryl methyl sites for hydroxylation is 1. The topological polar surface area (TPSA) is 91.7 Å². The van der Waals surface area contributed by atoms with Crippen molar-refractivity contribution in [3.63, 3.8) is 0 Å². The van der Waals surface area contributed by atoms with Gasteiger partial charge in [0.15, 0.2) is 0 Å². The summed E-state index contributed by atoms with van der Waals surface area (Å²) in [6.07, 6.45) is 11.0. The number of fused-ring (bicyclic) bond motifs is 1.